The van der Waals surface area contributed by atoms with Gasteiger partial charge in [0.15, 0.2) is 6.10 Å². The zero-order valence-corrected chi connectivity index (χ0v) is 11.4. The second-order valence-corrected chi connectivity index (χ2v) is 4.83. The van der Waals surface area contributed by atoms with Crippen molar-refractivity contribution < 1.29 is 24.5 Å². The highest BCUT2D eigenvalue weighted by molar-refractivity contribution is 5.70. The molecule has 0 saturated carbocycles. The summed E-state index contributed by atoms with van der Waals surface area (Å²) < 4.78 is 10.7. The number of aliphatic hydroxyl groups is 2. The number of rotatable bonds is 5. The van der Waals surface area contributed by atoms with Crippen molar-refractivity contribution in [2.45, 2.75) is 44.2 Å². The summed E-state index contributed by atoms with van der Waals surface area (Å²) >= 11 is 0. The average Bonchev–Trinajstić information content (AvgIpc) is 2.48. The fourth-order valence-electron chi connectivity index (χ4n) is 2.42. The third kappa shape index (κ3) is 3.36. The monoisotopic (exact) mass is 280 g/mol. The Morgan fingerprint density at radius 2 is 2.05 bits per heavy atom. The van der Waals surface area contributed by atoms with E-state index >= 15 is 0 Å². The van der Waals surface area contributed by atoms with Crippen molar-refractivity contribution in [3.8, 4) is 0 Å². The molecule has 2 rings (SSSR count). The lowest BCUT2D eigenvalue weighted by Crippen LogP contribution is -2.48. The molecule has 5 heteroatoms. The average molecular weight is 280 g/mol. The first-order chi connectivity index (χ1) is 9.63. The van der Waals surface area contributed by atoms with Crippen LogP contribution in [0, 0.1) is 0 Å². The van der Waals surface area contributed by atoms with Crippen LogP contribution >= 0.6 is 0 Å². The van der Waals surface area contributed by atoms with E-state index in [0.717, 1.165) is 0 Å². The Hall–Kier alpha value is -1.43. The van der Waals surface area contributed by atoms with Crippen molar-refractivity contribution >= 4 is 5.97 Å². The number of cyclic esters (lactones) is 1. The molecule has 1 aromatic rings. The van der Waals surface area contributed by atoms with E-state index in [0.29, 0.717) is 18.6 Å². The largest absolute Gasteiger partial charge is 0.457 e. The summed E-state index contributed by atoms with van der Waals surface area (Å²) in [5.41, 5.74) is 0.580. The van der Waals surface area contributed by atoms with Gasteiger partial charge in [-0.1, -0.05) is 30.3 Å². The van der Waals surface area contributed by atoms with Gasteiger partial charge in [-0.05, 0) is 18.9 Å². The predicted molar refractivity (Wildman–Crippen MR) is 71.9 cm³/mol. The third-order valence-electron chi connectivity index (χ3n) is 3.45. The van der Waals surface area contributed by atoms with E-state index in [1.165, 1.54) is 0 Å². The van der Waals surface area contributed by atoms with E-state index in [9.17, 15) is 15.0 Å². The van der Waals surface area contributed by atoms with Crippen LogP contribution < -0.4 is 0 Å². The predicted octanol–water partition coefficient (Wildman–Crippen LogP) is 1.19. The molecule has 1 heterocycles. The molecular weight excluding hydrogens is 260 g/mol. The van der Waals surface area contributed by atoms with Crippen LogP contribution in [0.5, 0.6) is 0 Å². The summed E-state index contributed by atoms with van der Waals surface area (Å²) in [5.74, 6) is -0.370. The van der Waals surface area contributed by atoms with Crippen LogP contribution in [-0.4, -0.2) is 41.1 Å². The summed E-state index contributed by atoms with van der Waals surface area (Å²) in [4.78, 5) is 11.4. The molecule has 0 aromatic heterocycles. The Morgan fingerprint density at radius 1 is 1.35 bits per heavy atom. The molecule has 4 atom stereocenters. The first-order valence-electron chi connectivity index (χ1n) is 6.85. The lowest BCUT2D eigenvalue weighted by atomic mass is 9.93. The van der Waals surface area contributed by atoms with E-state index in [4.69, 9.17) is 9.47 Å². The number of hydrogen-bond acceptors (Lipinski definition) is 5. The van der Waals surface area contributed by atoms with Gasteiger partial charge in [-0.2, -0.15) is 0 Å². The van der Waals surface area contributed by atoms with Crippen molar-refractivity contribution in [2.75, 3.05) is 6.61 Å². The number of aliphatic hydroxyl groups excluding tert-OH is 2. The molecule has 20 heavy (non-hydrogen) atoms. The first kappa shape index (κ1) is 15.0. The Bertz CT molecular complexity index is 433. The van der Waals surface area contributed by atoms with Crippen molar-refractivity contribution in [2.24, 2.45) is 0 Å². The van der Waals surface area contributed by atoms with Crippen LogP contribution in [0.3, 0.4) is 0 Å². The second kappa shape index (κ2) is 6.83. The van der Waals surface area contributed by atoms with Crippen molar-refractivity contribution in [3.05, 3.63) is 35.9 Å². The summed E-state index contributed by atoms with van der Waals surface area (Å²) in [6, 6.07) is 8.81. The van der Waals surface area contributed by atoms with E-state index in [-0.39, 0.29) is 18.5 Å². The van der Waals surface area contributed by atoms with Gasteiger partial charge in [0.25, 0.3) is 0 Å². The third-order valence-corrected chi connectivity index (χ3v) is 3.45. The van der Waals surface area contributed by atoms with Crippen LogP contribution in [0.1, 0.15) is 31.4 Å². The number of carbonyl (C=O) groups is 1. The fourth-order valence-corrected chi connectivity index (χ4v) is 2.42. The quantitative estimate of drug-likeness (QED) is 0.792. The summed E-state index contributed by atoms with van der Waals surface area (Å²) in [5, 5.41) is 20.5. The normalized spacial score (nSPS) is 25.9. The first-order valence-corrected chi connectivity index (χ1v) is 6.85. The molecule has 1 aliphatic rings. The SMILES string of the molecule is CCO[C@@H]1CCC(=O)O[C@H]1[C@H](O)[C@H](O)c1ccccc1. The number of benzene rings is 1. The highest BCUT2D eigenvalue weighted by Crippen LogP contribution is 2.27. The minimum absolute atomic E-state index is 0.273. The van der Waals surface area contributed by atoms with Crippen LogP contribution in [0.4, 0.5) is 0 Å². The molecule has 0 aliphatic carbocycles. The van der Waals surface area contributed by atoms with Gasteiger partial charge in [0.05, 0.1) is 6.10 Å². The van der Waals surface area contributed by atoms with Crippen molar-refractivity contribution in [3.63, 3.8) is 0 Å². The van der Waals surface area contributed by atoms with Crippen LogP contribution in [0.25, 0.3) is 0 Å². The molecule has 0 bridgehead atoms. The fraction of sp³-hybridized carbons (Fsp3) is 0.533. The van der Waals surface area contributed by atoms with E-state index in [1.807, 2.05) is 13.0 Å². The molecule has 1 aromatic carbocycles. The Morgan fingerprint density at radius 3 is 2.70 bits per heavy atom. The minimum atomic E-state index is -1.21. The highest BCUT2D eigenvalue weighted by atomic mass is 16.6. The van der Waals surface area contributed by atoms with Crippen molar-refractivity contribution in [1.29, 1.82) is 0 Å². The molecule has 0 unspecified atom stereocenters. The van der Waals surface area contributed by atoms with Crippen molar-refractivity contribution in [1.82, 2.24) is 0 Å². The van der Waals surface area contributed by atoms with Gasteiger partial charge in [-0.15, -0.1) is 0 Å². The molecule has 1 aliphatic heterocycles. The van der Waals surface area contributed by atoms with Gasteiger partial charge in [0.1, 0.15) is 12.2 Å². The summed E-state index contributed by atoms with van der Waals surface area (Å²) in [6.45, 7) is 2.31. The lowest BCUT2D eigenvalue weighted by Gasteiger charge is -2.35. The summed E-state index contributed by atoms with van der Waals surface area (Å²) in [6.07, 6.45) is -2.78. The highest BCUT2D eigenvalue weighted by Gasteiger charge is 2.40. The summed E-state index contributed by atoms with van der Waals surface area (Å²) in [7, 11) is 0. The van der Waals surface area contributed by atoms with Gasteiger partial charge in [0.2, 0.25) is 0 Å². The standard InChI is InChI=1S/C15H20O5/c1-2-19-11-8-9-12(16)20-15(11)14(18)13(17)10-6-4-3-5-7-10/h3-7,11,13-15,17-18H,2,8-9H2,1H3/t11-,13-,14-,15-/m1/s1. The maximum absolute atomic E-state index is 11.4. The van der Waals surface area contributed by atoms with E-state index in [1.54, 1.807) is 24.3 Å². The van der Waals surface area contributed by atoms with Crippen LogP contribution in [0.15, 0.2) is 30.3 Å². The number of hydrogen-bond donors (Lipinski definition) is 2. The maximum atomic E-state index is 11.4. The van der Waals surface area contributed by atoms with Gasteiger partial charge < -0.3 is 19.7 Å². The van der Waals surface area contributed by atoms with E-state index in [2.05, 4.69) is 0 Å². The smallest absolute Gasteiger partial charge is 0.306 e. The second-order valence-electron chi connectivity index (χ2n) is 4.83. The Labute approximate surface area is 118 Å². The number of ether oxygens (including phenoxy) is 2. The topological polar surface area (TPSA) is 76.0 Å². The molecule has 2 N–H and O–H groups in total. The molecule has 110 valence electrons. The minimum Gasteiger partial charge on any atom is -0.457 e. The van der Waals surface area contributed by atoms with Crippen LogP contribution in [-0.2, 0) is 14.3 Å². The zero-order valence-electron chi connectivity index (χ0n) is 11.4. The zero-order chi connectivity index (χ0) is 14.5. The van der Waals surface area contributed by atoms with Gasteiger partial charge in [-0.3, -0.25) is 4.79 Å². The van der Waals surface area contributed by atoms with Gasteiger partial charge >= 0.3 is 5.97 Å². The van der Waals surface area contributed by atoms with Gasteiger partial charge in [-0.25, -0.2) is 0 Å². The molecule has 0 spiro atoms. The Kier molecular flexibility index (Phi) is 5.11. The van der Waals surface area contributed by atoms with E-state index < -0.39 is 18.3 Å². The molecular formula is C15H20O5. The number of esters is 1. The number of carbonyl (C=O) groups excluding carboxylic acids is 1. The lowest BCUT2D eigenvalue weighted by molar-refractivity contribution is -0.189. The molecule has 1 saturated heterocycles. The van der Waals surface area contributed by atoms with Crippen LogP contribution in [0.2, 0.25) is 0 Å². The molecule has 0 radical (unpaired) electrons. The maximum Gasteiger partial charge on any atom is 0.306 e. The molecule has 0 amide bonds. The molecule has 5 nitrogen and oxygen atoms in total. The van der Waals surface area contributed by atoms with Gasteiger partial charge in [0, 0.05) is 13.0 Å². The Balaban J connectivity index is 2.11. The molecule has 1 fully saturated rings.